The summed E-state index contributed by atoms with van der Waals surface area (Å²) in [5.74, 6) is -0.0663. The predicted molar refractivity (Wildman–Crippen MR) is 88.4 cm³/mol. The fraction of sp³-hybridized carbons (Fsp3) is 0.143. The topological polar surface area (TPSA) is 77.5 Å². The molecule has 0 radical (unpaired) electrons. The second kappa shape index (κ2) is 6.68. The summed E-state index contributed by atoms with van der Waals surface area (Å²) in [6.45, 7) is 1.51. The normalized spacial score (nSPS) is 12.1. The van der Waals surface area contributed by atoms with Gasteiger partial charge in [-0.2, -0.15) is 8.42 Å². The van der Waals surface area contributed by atoms with E-state index in [1.165, 1.54) is 49.4 Å². The fourth-order valence-electron chi connectivity index (χ4n) is 1.68. The number of halogens is 2. The fourth-order valence-corrected chi connectivity index (χ4v) is 3.78. The maximum absolute atomic E-state index is 12.2. The van der Waals surface area contributed by atoms with Gasteiger partial charge in [0.15, 0.2) is 9.84 Å². The van der Waals surface area contributed by atoms with Crippen molar-refractivity contribution in [3.05, 3.63) is 52.5 Å². The van der Waals surface area contributed by atoms with Crippen LogP contribution in [0.1, 0.15) is 6.92 Å². The molecular formula is C14H12Cl2O5S2. The lowest BCUT2D eigenvalue weighted by molar-refractivity contribution is 0.486. The molecule has 0 atom stereocenters. The molecule has 0 N–H and O–H groups in total. The third kappa shape index (κ3) is 4.17. The standard InChI is InChI=1S/C14H12Cl2O5S2/c1-2-22(17,18)11-4-6-12(7-5-11)23(19,20)21-10-3-8-13(15)14(16)9-10/h3-9H,2H2,1H3. The molecule has 5 nitrogen and oxygen atoms in total. The Morgan fingerprint density at radius 3 is 1.96 bits per heavy atom. The van der Waals surface area contributed by atoms with Crippen molar-refractivity contribution in [2.45, 2.75) is 16.7 Å². The van der Waals surface area contributed by atoms with Gasteiger partial charge in [-0.3, -0.25) is 0 Å². The molecule has 0 fully saturated rings. The summed E-state index contributed by atoms with van der Waals surface area (Å²) in [5, 5.41) is 0.425. The smallest absolute Gasteiger partial charge is 0.339 e. The summed E-state index contributed by atoms with van der Waals surface area (Å²) >= 11 is 11.6. The van der Waals surface area contributed by atoms with Gasteiger partial charge >= 0.3 is 10.1 Å². The Labute approximate surface area is 144 Å². The molecule has 0 aliphatic heterocycles. The summed E-state index contributed by atoms with van der Waals surface area (Å²) in [5.41, 5.74) is 0. The highest BCUT2D eigenvalue weighted by Gasteiger charge is 2.19. The van der Waals surface area contributed by atoms with E-state index in [9.17, 15) is 16.8 Å². The van der Waals surface area contributed by atoms with Gasteiger partial charge in [-0.1, -0.05) is 30.1 Å². The highest BCUT2D eigenvalue weighted by atomic mass is 35.5. The summed E-state index contributed by atoms with van der Waals surface area (Å²) in [7, 11) is -7.51. The van der Waals surface area contributed by atoms with Crippen molar-refractivity contribution < 1.29 is 21.0 Å². The Morgan fingerprint density at radius 2 is 1.43 bits per heavy atom. The predicted octanol–water partition coefficient (Wildman–Crippen LogP) is 3.55. The Balaban J connectivity index is 2.31. The van der Waals surface area contributed by atoms with Gasteiger partial charge in [0, 0.05) is 6.07 Å². The van der Waals surface area contributed by atoms with Crippen molar-refractivity contribution >= 4 is 43.2 Å². The third-order valence-electron chi connectivity index (χ3n) is 2.95. The molecule has 0 aliphatic rings. The van der Waals surface area contributed by atoms with Crippen LogP contribution in [0.25, 0.3) is 0 Å². The number of rotatable bonds is 5. The van der Waals surface area contributed by atoms with Gasteiger partial charge in [0.2, 0.25) is 0 Å². The van der Waals surface area contributed by atoms with Crippen molar-refractivity contribution in [2.75, 3.05) is 5.75 Å². The van der Waals surface area contributed by atoms with E-state index in [0.29, 0.717) is 0 Å². The van der Waals surface area contributed by atoms with E-state index in [-0.39, 0.29) is 31.3 Å². The van der Waals surface area contributed by atoms with Crippen molar-refractivity contribution in [1.82, 2.24) is 0 Å². The molecule has 23 heavy (non-hydrogen) atoms. The van der Waals surface area contributed by atoms with Crippen LogP contribution in [-0.4, -0.2) is 22.6 Å². The van der Waals surface area contributed by atoms with Gasteiger partial charge < -0.3 is 4.18 Å². The molecule has 0 aliphatic carbocycles. The first kappa shape index (κ1) is 18.1. The molecule has 2 rings (SSSR count). The second-order valence-electron chi connectivity index (χ2n) is 4.49. The minimum atomic E-state index is -4.11. The molecule has 0 spiro atoms. The van der Waals surface area contributed by atoms with Crippen LogP contribution in [0.15, 0.2) is 52.3 Å². The van der Waals surface area contributed by atoms with Crippen molar-refractivity contribution in [1.29, 1.82) is 0 Å². The molecule has 9 heteroatoms. The summed E-state index contributed by atoms with van der Waals surface area (Å²) in [6.07, 6.45) is 0. The van der Waals surface area contributed by atoms with Gasteiger partial charge in [0.25, 0.3) is 0 Å². The molecule has 0 aromatic heterocycles. The molecule has 0 heterocycles. The van der Waals surface area contributed by atoms with E-state index in [0.717, 1.165) is 0 Å². The van der Waals surface area contributed by atoms with Crippen LogP contribution in [0.2, 0.25) is 10.0 Å². The SMILES string of the molecule is CCS(=O)(=O)c1ccc(S(=O)(=O)Oc2ccc(Cl)c(Cl)c2)cc1. The first-order valence-electron chi connectivity index (χ1n) is 6.38. The Kier molecular flexibility index (Phi) is 5.25. The molecule has 0 bridgehead atoms. The molecule has 0 saturated carbocycles. The second-order valence-corrected chi connectivity index (χ2v) is 9.13. The van der Waals surface area contributed by atoms with E-state index in [4.69, 9.17) is 27.4 Å². The quantitative estimate of drug-likeness (QED) is 0.724. The van der Waals surface area contributed by atoms with Crippen LogP contribution in [0.3, 0.4) is 0 Å². The van der Waals surface area contributed by atoms with Crippen LogP contribution in [-0.2, 0) is 20.0 Å². The van der Waals surface area contributed by atoms with Crippen molar-refractivity contribution in [2.24, 2.45) is 0 Å². The number of hydrogen-bond donors (Lipinski definition) is 0. The Bertz CT molecular complexity index is 920. The summed E-state index contributed by atoms with van der Waals surface area (Å²) in [6, 6.07) is 8.85. The molecule has 0 saturated heterocycles. The number of benzene rings is 2. The monoisotopic (exact) mass is 394 g/mol. The Morgan fingerprint density at radius 1 is 0.870 bits per heavy atom. The number of hydrogen-bond acceptors (Lipinski definition) is 5. The molecule has 0 amide bonds. The lowest BCUT2D eigenvalue weighted by Gasteiger charge is -2.08. The minimum absolute atomic E-state index is 0.00431. The summed E-state index contributed by atoms with van der Waals surface area (Å²) < 4.78 is 52.7. The highest BCUT2D eigenvalue weighted by Crippen LogP contribution is 2.28. The zero-order valence-electron chi connectivity index (χ0n) is 11.9. The van der Waals surface area contributed by atoms with Crippen LogP contribution in [0, 0.1) is 0 Å². The largest absolute Gasteiger partial charge is 0.379 e. The maximum Gasteiger partial charge on any atom is 0.339 e. The summed E-state index contributed by atoms with van der Waals surface area (Å²) in [4.78, 5) is -0.118. The lowest BCUT2D eigenvalue weighted by atomic mass is 10.3. The van der Waals surface area contributed by atoms with Gasteiger partial charge in [-0.15, -0.1) is 0 Å². The molecule has 0 unspecified atom stereocenters. The van der Waals surface area contributed by atoms with Crippen LogP contribution < -0.4 is 4.18 Å². The minimum Gasteiger partial charge on any atom is -0.379 e. The van der Waals surface area contributed by atoms with E-state index in [1.807, 2.05) is 0 Å². The van der Waals surface area contributed by atoms with Gasteiger partial charge in [-0.25, -0.2) is 8.42 Å². The van der Waals surface area contributed by atoms with Gasteiger partial charge in [0.1, 0.15) is 10.6 Å². The first-order valence-corrected chi connectivity index (χ1v) is 10.2. The zero-order valence-corrected chi connectivity index (χ0v) is 15.0. The molecule has 124 valence electrons. The highest BCUT2D eigenvalue weighted by molar-refractivity contribution is 7.91. The van der Waals surface area contributed by atoms with Crippen LogP contribution in [0.5, 0.6) is 5.75 Å². The van der Waals surface area contributed by atoms with Crippen LogP contribution in [0.4, 0.5) is 0 Å². The number of sulfone groups is 1. The maximum atomic E-state index is 12.2. The van der Waals surface area contributed by atoms with E-state index >= 15 is 0 Å². The average Bonchev–Trinajstić information content (AvgIpc) is 2.51. The van der Waals surface area contributed by atoms with Gasteiger partial charge in [0.05, 0.1) is 20.7 Å². The molecule has 2 aromatic rings. The molecular weight excluding hydrogens is 383 g/mol. The first-order chi connectivity index (χ1) is 10.7. The Hall–Kier alpha value is -1.28. The molecule has 2 aromatic carbocycles. The lowest BCUT2D eigenvalue weighted by Crippen LogP contribution is -2.10. The van der Waals surface area contributed by atoms with Crippen molar-refractivity contribution in [3.8, 4) is 5.75 Å². The average molecular weight is 395 g/mol. The van der Waals surface area contributed by atoms with E-state index in [1.54, 1.807) is 0 Å². The zero-order chi connectivity index (χ0) is 17.3. The van der Waals surface area contributed by atoms with E-state index in [2.05, 4.69) is 0 Å². The van der Waals surface area contributed by atoms with E-state index < -0.39 is 20.0 Å². The van der Waals surface area contributed by atoms with Gasteiger partial charge in [-0.05, 0) is 36.4 Å². The van der Waals surface area contributed by atoms with Crippen LogP contribution >= 0.6 is 23.2 Å². The third-order valence-corrected chi connectivity index (χ3v) is 6.70. The van der Waals surface area contributed by atoms with Crippen molar-refractivity contribution in [3.63, 3.8) is 0 Å².